The quantitative estimate of drug-likeness (QED) is 0.624. The van der Waals surface area contributed by atoms with Gasteiger partial charge >= 0.3 is 0 Å². The van der Waals surface area contributed by atoms with Gasteiger partial charge in [-0.2, -0.15) is 0 Å². The number of rotatable bonds is 3. The summed E-state index contributed by atoms with van der Waals surface area (Å²) in [6.45, 7) is 4.17. The van der Waals surface area contributed by atoms with E-state index in [2.05, 4.69) is 11.8 Å². The molecule has 2 rings (SSSR count). The van der Waals surface area contributed by atoms with Gasteiger partial charge in [0, 0.05) is 16.7 Å². The molecular formula is C18H16O2. The normalized spacial score (nSPS) is 9.50. The van der Waals surface area contributed by atoms with Crippen molar-refractivity contribution >= 4 is 5.78 Å². The molecule has 0 amide bonds. The molecule has 0 atom stereocenters. The molecule has 0 aliphatic heterocycles. The molecule has 2 nitrogen and oxygen atoms in total. The minimum Gasteiger partial charge on any atom is -0.494 e. The number of hydrogen-bond acceptors (Lipinski definition) is 2. The Labute approximate surface area is 119 Å². The minimum absolute atomic E-state index is 0.0658. The van der Waals surface area contributed by atoms with Gasteiger partial charge in [-0.25, -0.2) is 0 Å². The van der Waals surface area contributed by atoms with E-state index in [1.165, 1.54) is 0 Å². The fraction of sp³-hybridized carbons (Fsp3) is 0.167. The number of ketones is 1. The lowest BCUT2D eigenvalue weighted by Gasteiger charge is -2.01. The second-order valence-electron chi connectivity index (χ2n) is 4.34. The molecule has 0 radical (unpaired) electrons. The average Bonchev–Trinajstić information content (AvgIpc) is 2.47. The van der Waals surface area contributed by atoms with Gasteiger partial charge < -0.3 is 4.74 Å². The molecule has 2 aromatic rings. The molecule has 100 valence electrons. The number of carbonyl (C=O) groups excluding carboxylic acids is 1. The van der Waals surface area contributed by atoms with Crippen molar-refractivity contribution < 1.29 is 9.53 Å². The maximum Gasteiger partial charge on any atom is 0.159 e. The smallest absolute Gasteiger partial charge is 0.159 e. The molecule has 20 heavy (non-hydrogen) atoms. The highest BCUT2D eigenvalue weighted by molar-refractivity contribution is 5.94. The zero-order chi connectivity index (χ0) is 14.4. The van der Waals surface area contributed by atoms with Crippen molar-refractivity contribution in [2.45, 2.75) is 13.8 Å². The Hall–Kier alpha value is -2.53. The number of ether oxygens (including phenoxy) is 1. The lowest BCUT2D eigenvalue weighted by molar-refractivity contribution is 0.101. The monoisotopic (exact) mass is 264 g/mol. The lowest BCUT2D eigenvalue weighted by atomic mass is 10.1. The molecule has 0 aliphatic carbocycles. The molecule has 0 fully saturated rings. The van der Waals surface area contributed by atoms with Crippen LogP contribution in [0.2, 0.25) is 0 Å². The van der Waals surface area contributed by atoms with Crippen molar-refractivity contribution in [1.82, 2.24) is 0 Å². The molecule has 0 N–H and O–H groups in total. The summed E-state index contributed by atoms with van der Waals surface area (Å²) < 4.78 is 5.38. The maximum atomic E-state index is 11.2. The number of Topliss-reactive ketones (excluding diaryl/α,β-unsaturated/α-hetero) is 1. The highest BCUT2D eigenvalue weighted by atomic mass is 16.5. The van der Waals surface area contributed by atoms with E-state index in [-0.39, 0.29) is 5.78 Å². The second-order valence-corrected chi connectivity index (χ2v) is 4.34. The molecule has 0 bridgehead atoms. The molecule has 0 unspecified atom stereocenters. The predicted molar refractivity (Wildman–Crippen MR) is 80.0 cm³/mol. The number of carbonyl (C=O) groups is 1. The maximum absolute atomic E-state index is 11.2. The third-order valence-corrected chi connectivity index (χ3v) is 2.81. The summed E-state index contributed by atoms with van der Waals surface area (Å²) in [7, 11) is 0. The molecular weight excluding hydrogens is 248 g/mol. The summed E-state index contributed by atoms with van der Waals surface area (Å²) in [5, 5.41) is 0. The molecule has 0 aromatic heterocycles. The molecule has 2 heteroatoms. The topological polar surface area (TPSA) is 26.3 Å². The predicted octanol–water partition coefficient (Wildman–Crippen LogP) is 3.69. The van der Waals surface area contributed by atoms with Crippen LogP contribution < -0.4 is 4.74 Å². The van der Waals surface area contributed by atoms with Crippen LogP contribution in [0.4, 0.5) is 0 Å². The fourth-order valence-electron chi connectivity index (χ4n) is 1.73. The summed E-state index contributed by atoms with van der Waals surface area (Å²) in [4.78, 5) is 11.2. The minimum atomic E-state index is 0.0658. The van der Waals surface area contributed by atoms with E-state index >= 15 is 0 Å². The Morgan fingerprint density at radius 2 is 1.45 bits per heavy atom. The largest absolute Gasteiger partial charge is 0.494 e. The van der Waals surface area contributed by atoms with Gasteiger partial charge in [0.05, 0.1) is 6.61 Å². The van der Waals surface area contributed by atoms with Crippen LogP contribution in [0.25, 0.3) is 0 Å². The Morgan fingerprint density at radius 1 is 0.950 bits per heavy atom. The van der Waals surface area contributed by atoms with Crippen LogP contribution in [-0.4, -0.2) is 12.4 Å². The molecule has 0 spiro atoms. The van der Waals surface area contributed by atoms with E-state index in [0.717, 1.165) is 16.9 Å². The first-order valence-electron chi connectivity index (χ1n) is 6.55. The first-order valence-corrected chi connectivity index (χ1v) is 6.55. The lowest BCUT2D eigenvalue weighted by Crippen LogP contribution is -1.91. The van der Waals surface area contributed by atoms with Crippen LogP contribution in [0.3, 0.4) is 0 Å². The van der Waals surface area contributed by atoms with Crippen molar-refractivity contribution in [3.05, 3.63) is 65.2 Å². The third-order valence-electron chi connectivity index (χ3n) is 2.81. The van der Waals surface area contributed by atoms with Crippen LogP contribution in [0.5, 0.6) is 5.75 Å². The Balaban J connectivity index is 2.11. The fourth-order valence-corrected chi connectivity index (χ4v) is 1.73. The Morgan fingerprint density at radius 3 is 1.90 bits per heavy atom. The molecule has 0 aliphatic rings. The summed E-state index contributed by atoms with van der Waals surface area (Å²) in [6, 6.07) is 15.0. The van der Waals surface area contributed by atoms with Crippen molar-refractivity contribution in [3.8, 4) is 17.6 Å². The first kappa shape index (κ1) is 13.9. The van der Waals surface area contributed by atoms with Crippen LogP contribution in [0, 0.1) is 11.8 Å². The molecule has 0 saturated carbocycles. The van der Waals surface area contributed by atoms with Crippen molar-refractivity contribution in [3.63, 3.8) is 0 Å². The molecule has 0 saturated heterocycles. The summed E-state index contributed by atoms with van der Waals surface area (Å²) in [5.74, 6) is 7.08. The third kappa shape index (κ3) is 3.73. The van der Waals surface area contributed by atoms with E-state index in [0.29, 0.717) is 12.2 Å². The van der Waals surface area contributed by atoms with Gasteiger partial charge in [0.15, 0.2) is 5.78 Å². The summed E-state index contributed by atoms with van der Waals surface area (Å²) in [6.07, 6.45) is 0. The zero-order valence-electron chi connectivity index (χ0n) is 11.6. The number of hydrogen-bond donors (Lipinski definition) is 0. The van der Waals surface area contributed by atoms with E-state index in [4.69, 9.17) is 4.74 Å². The second kappa shape index (κ2) is 6.58. The van der Waals surface area contributed by atoms with Gasteiger partial charge in [-0.1, -0.05) is 24.0 Å². The van der Waals surface area contributed by atoms with E-state index < -0.39 is 0 Å². The van der Waals surface area contributed by atoms with Crippen molar-refractivity contribution in [2.24, 2.45) is 0 Å². The molecule has 0 heterocycles. The van der Waals surface area contributed by atoms with Gasteiger partial charge in [-0.05, 0) is 50.2 Å². The average molecular weight is 264 g/mol. The van der Waals surface area contributed by atoms with Crippen LogP contribution >= 0.6 is 0 Å². The Kier molecular flexibility index (Phi) is 4.57. The van der Waals surface area contributed by atoms with Crippen molar-refractivity contribution in [2.75, 3.05) is 6.61 Å². The van der Waals surface area contributed by atoms with E-state index in [1.807, 2.05) is 43.3 Å². The van der Waals surface area contributed by atoms with Crippen molar-refractivity contribution in [1.29, 1.82) is 0 Å². The zero-order valence-corrected chi connectivity index (χ0v) is 11.6. The van der Waals surface area contributed by atoms with Gasteiger partial charge in [-0.3, -0.25) is 4.79 Å². The summed E-state index contributed by atoms with van der Waals surface area (Å²) in [5.41, 5.74) is 2.53. The highest BCUT2D eigenvalue weighted by Crippen LogP contribution is 2.11. The first-order chi connectivity index (χ1) is 9.69. The van der Waals surface area contributed by atoms with Gasteiger partial charge in [-0.15, -0.1) is 0 Å². The van der Waals surface area contributed by atoms with Gasteiger partial charge in [0.2, 0.25) is 0 Å². The van der Waals surface area contributed by atoms with Gasteiger partial charge in [0.25, 0.3) is 0 Å². The van der Waals surface area contributed by atoms with Crippen LogP contribution in [0.15, 0.2) is 48.5 Å². The van der Waals surface area contributed by atoms with Gasteiger partial charge in [0.1, 0.15) is 5.75 Å². The molecule has 2 aromatic carbocycles. The highest BCUT2D eigenvalue weighted by Gasteiger charge is 1.97. The van der Waals surface area contributed by atoms with Crippen LogP contribution in [0.1, 0.15) is 35.3 Å². The van der Waals surface area contributed by atoms with E-state index in [1.54, 1.807) is 19.1 Å². The Bertz CT molecular complexity index is 641. The summed E-state index contributed by atoms with van der Waals surface area (Å²) >= 11 is 0. The van der Waals surface area contributed by atoms with E-state index in [9.17, 15) is 4.79 Å². The SMILES string of the molecule is CCOc1ccc(C#Cc2ccc(C(C)=O)cc2)cc1. The number of benzene rings is 2. The van der Waals surface area contributed by atoms with Crippen LogP contribution in [-0.2, 0) is 0 Å². The standard InChI is InChI=1S/C18H16O2/c1-3-20-18-12-8-16(9-13-18)5-4-15-6-10-17(11-7-15)14(2)19/h6-13H,3H2,1-2H3.